The first-order valence-corrected chi connectivity index (χ1v) is 7.42. The van der Waals surface area contributed by atoms with Gasteiger partial charge >= 0.3 is 5.97 Å². The lowest BCUT2D eigenvalue weighted by Crippen LogP contribution is -2.14. The highest BCUT2D eigenvalue weighted by molar-refractivity contribution is 6.30. The molecule has 2 aromatic rings. The highest BCUT2D eigenvalue weighted by atomic mass is 35.5. The number of benzene rings is 2. The molecule has 0 aromatic heterocycles. The third kappa shape index (κ3) is 4.08. The lowest BCUT2D eigenvalue weighted by molar-refractivity contribution is -0.138. The molecule has 21 heavy (non-hydrogen) atoms. The number of halogens is 1. The number of aliphatic carboxylic acids is 1. The van der Waals surface area contributed by atoms with Crippen LogP contribution in [0.2, 0.25) is 5.02 Å². The Morgan fingerprint density at radius 1 is 1.10 bits per heavy atom. The van der Waals surface area contributed by atoms with Crippen LogP contribution in [0, 0.1) is 0 Å². The van der Waals surface area contributed by atoms with Crippen molar-refractivity contribution in [3.8, 4) is 0 Å². The van der Waals surface area contributed by atoms with Crippen molar-refractivity contribution in [1.82, 2.24) is 0 Å². The smallest absolute Gasteiger partial charge is 0.311 e. The average molecular weight is 303 g/mol. The quantitative estimate of drug-likeness (QED) is 0.855. The van der Waals surface area contributed by atoms with Gasteiger partial charge in [-0.25, -0.2) is 0 Å². The van der Waals surface area contributed by atoms with Crippen molar-refractivity contribution in [3.63, 3.8) is 0 Å². The maximum Gasteiger partial charge on any atom is 0.311 e. The maximum atomic E-state index is 11.5. The van der Waals surface area contributed by atoms with Crippen molar-refractivity contribution < 1.29 is 9.90 Å². The van der Waals surface area contributed by atoms with Crippen LogP contribution < -0.4 is 0 Å². The standard InChI is InChI=1S/C18H19ClO2/c1-12(2)14-8-6-13(7-9-14)10-17(18(20)21)15-4-3-5-16(19)11-15/h3-9,11-12,17H,10H2,1-2H3,(H,20,21). The molecule has 0 radical (unpaired) electrons. The first-order valence-electron chi connectivity index (χ1n) is 7.04. The second-order valence-electron chi connectivity index (χ2n) is 5.55. The van der Waals surface area contributed by atoms with Crippen LogP contribution in [0.3, 0.4) is 0 Å². The van der Waals surface area contributed by atoms with Crippen molar-refractivity contribution in [2.75, 3.05) is 0 Å². The van der Waals surface area contributed by atoms with Crippen molar-refractivity contribution in [2.45, 2.75) is 32.1 Å². The van der Waals surface area contributed by atoms with Crippen molar-refractivity contribution >= 4 is 17.6 Å². The van der Waals surface area contributed by atoms with E-state index in [0.717, 1.165) is 11.1 Å². The van der Waals surface area contributed by atoms with Gasteiger partial charge < -0.3 is 5.11 Å². The minimum absolute atomic E-state index is 0.466. The number of carboxylic acid groups (broad SMARTS) is 1. The molecule has 1 atom stereocenters. The summed E-state index contributed by atoms with van der Waals surface area (Å²) in [4.78, 5) is 11.5. The van der Waals surface area contributed by atoms with Crippen LogP contribution in [-0.4, -0.2) is 11.1 Å². The van der Waals surface area contributed by atoms with Crippen LogP contribution in [0.25, 0.3) is 0 Å². The molecule has 0 heterocycles. The van der Waals surface area contributed by atoms with E-state index in [1.54, 1.807) is 18.2 Å². The molecule has 3 heteroatoms. The molecule has 0 aliphatic carbocycles. The monoisotopic (exact) mass is 302 g/mol. The Morgan fingerprint density at radius 2 is 1.76 bits per heavy atom. The molecular weight excluding hydrogens is 284 g/mol. The molecule has 1 N–H and O–H groups in total. The third-order valence-electron chi connectivity index (χ3n) is 3.64. The summed E-state index contributed by atoms with van der Waals surface area (Å²) in [5.41, 5.74) is 3.02. The van der Waals surface area contributed by atoms with Gasteiger partial charge in [0.05, 0.1) is 5.92 Å². The van der Waals surface area contributed by atoms with Crippen LogP contribution in [0.5, 0.6) is 0 Å². The summed E-state index contributed by atoms with van der Waals surface area (Å²) in [6, 6.07) is 15.2. The number of carbonyl (C=O) groups is 1. The van der Waals surface area contributed by atoms with E-state index in [9.17, 15) is 9.90 Å². The Kier molecular flexibility index (Phi) is 5.03. The highest BCUT2D eigenvalue weighted by Crippen LogP contribution is 2.25. The zero-order chi connectivity index (χ0) is 15.4. The van der Waals surface area contributed by atoms with Crippen molar-refractivity contribution in [1.29, 1.82) is 0 Å². The van der Waals surface area contributed by atoms with E-state index in [1.165, 1.54) is 5.56 Å². The predicted octanol–water partition coefficient (Wildman–Crippen LogP) is 4.87. The molecule has 0 spiro atoms. The number of hydrogen-bond acceptors (Lipinski definition) is 1. The van der Waals surface area contributed by atoms with Gasteiger partial charge in [0.25, 0.3) is 0 Å². The van der Waals surface area contributed by atoms with Crippen molar-refractivity contribution in [2.24, 2.45) is 0 Å². The third-order valence-corrected chi connectivity index (χ3v) is 3.87. The van der Waals surface area contributed by atoms with E-state index in [2.05, 4.69) is 26.0 Å². The Morgan fingerprint density at radius 3 is 2.29 bits per heavy atom. The predicted molar refractivity (Wildman–Crippen MR) is 86.1 cm³/mol. The summed E-state index contributed by atoms with van der Waals surface area (Å²) in [6.45, 7) is 4.28. The van der Waals surface area contributed by atoms with Gasteiger partial charge in [-0.15, -0.1) is 0 Å². The highest BCUT2D eigenvalue weighted by Gasteiger charge is 2.20. The zero-order valence-corrected chi connectivity index (χ0v) is 13.0. The number of rotatable bonds is 5. The van der Waals surface area contributed by atoms with Crippen LogP contribution in [0.15, 0.2) is 48.5 Å². The molecule has 0 aliphatic heterocycles. The number of carboxylic acids is 1. The van der Waals surface area contributed by atoms with Crippen LogP contribution >= 0.6 is 11.6 Å². The van der Waals surface area contributed by atoms with E-state index < -0.39 is 11.9 Å². The van der Waals surface area contributed by atoms with Crippen molar-refractivity contribution in [3.05, 3.63) is 70.2 Å². The van der Waals surface area contributed by atoms with Crippen LogP contribution in [-0.2, 0) is 11.2 Å². The molecule has 2 rings (SSSR count). The SMILES string of the molecule is CC(C)c1ccc(CC(C(=O)O)c2cccc(Cl)c2)cc1. The zero-order valence-electron chi connectivity index (χ0n) is 12.2. The Balaban J connectivity index is 2.22. The first-order chi connectivity index (χ1) is 9.97. The topological polar surface area (TPSA) is 37.3 Å². The molecule has 2 aromatic carbocycles. The van der Waals surface area contributed by atoms with Gasteiger partial charge in [-0.2, -0.15) is 0 Å². The van der Waals surface area contributed by atoms with Gasteiger partial charge in [-0.05, 0) is 41.2 Å². The fourth-order valence-electron chi connectivity index (χ4n) is 2.35. The second kappa shape index (κ2) is 6.77. The molecule has 0 amide bonds. The maximum absolute atomic E-state index is 11.5. The van der Waals surface area contributed by atoms with E-state index in [-0.39, 0.29) is 0 Å². The summed E-state index contributed by atoms with van der Waals surface area (Å²) < 4.78 is 0. The van der Waals surface area contributed by atoms with Gasteiger partial charge in [-0.3, -0.25) is 4.79 Å². The van der Waals surface area contributed by atoms with Gasteiger partial charge in [-0.1, -0.05) is 61.8 Å². The fourth-order valence-corrected chi connectivity index (χ4v) is 2.54. The average Bonchev–Trinajstić information content (AvgIpc) is 2.45. The molecule has 0 bridgehead atoms. The van der Waals surface area contributed by atoms with E-state index in [1.807, 2.05) is 18.2 Å². The summed E-state index contributed by atoms with van der Waals surface area (Å²) in [5, 5.41) is 10.0. The second-order valence-corrected chi connectivity index (χ2v) is 5.98. The molecule has 1 unspecified atom stereocenters. The van der Waals surface area contributed by atoms with Gasteiger partial charge in [0.1, 0.15) is 0 Å². The van der Waals surface area contributed by atoms with Crippen LogP contribution in [0.1, 0.15) is 42.4 Å². The van der Waals surface area contributed by atoms with Gasteiger partial charge in [0, 0.05) is 5.02 Å². The largest absolute Gasteiger partial charge is 0.481 e. The molecule has 0 saturated carbocycles. The molecule has 0 aliphatic rings. The molecular formula is C18H19ClO2. The summed E-state index contributed by atoms with van der Waals surface area (Å²) >= 11 is 5.96. The molecule has 0 saturated heterocycles. The Bertz CT molecular complexity index is 617. The van der Waals surface area contributed by atoms with E-state index >= 15 is 0 Å². The Labute approximate surface area is 130 Å². The van der Waals surface area contributed by atoms with Gasteiger partial charge in [0.2, 0.25) is 0 Å². The fraction of sp³-hybridized carbons (Fsp3) is 0.278. The number of hydrogen-bond donors (Lipinski definition) is 1. The minimum Gasteiger partial charge on any atom is -0.481 e. The summed E-state index contributed by atoms with van der Waals surface area (Å²) in [7, 11) is 0. The van der Waals surface area contributed by atoms with Gasteiger partial charge in [0.15, 0.2) is 0 Å². The summed E-state index contributed by atoms with van der Waals surface area (Å²) in [6.07, 6.45) is 0.466. The molecule has 110 valence electrons. The molecule has 2 nitrogen and oxygen atoms in total. The molecule has 0 fully saturated rings. The normalized spacial score (nSPS) is 12.4. The van der Waals surface area contributed by atoms with Crippen LogP contribution in [0.4, 0.5) is 0 Å². The van der Waals surface area contributed by atoms with E-state index in [4.69, 9.17) is 11.6 Å². The Hall–Kier alpha value is -1.80. The minimum atomic E-state index is -0.829. The lowest BCUT2D eigenvalue weighted by Gasteiger charge is -2.14. The first kappa shape index (κ1) is 15.6. The lowest BCUT2D eigenvalue weighted by atomic mass is 9.91. The summed E-state index contributed by atoms with van der Waals surface area (Å²) in [5.74, 6) is -0.930. The van der Waals surface area contributed by atoms with E-state index in [0.29, 0.717) is 17.4 Å².